The molecule has 78 valence electrons. The molecule has 0 spiro atoms. The van der Waals surface area contributed by atoms with E-state index in [9.17, 15) is 0 Å². The van der Waals surface area contributed by atoms with Crippen LogP contribution >= 0.6 is 0 Å². The van der Waals surface area contributed by atoms with E-state index in [1.807, 2.05) is 0 Å². The van der Waals surface area contributed by atoms with Crippen LogP contribution < -0.4 is 0 Å². The monoisotopic (exact) mass is 184 g/mol. The van der Waals surface area contributed by atoms with Gasteiger partial charge in [0.05, 0.1) is 5.60 Å². The lowest BCUT2D eigenvalue weighted by Gasteiger charge is -2.28. The summed E-state index contributed by atoms with van der Waals surface area (Å²) in [6.07, 6.45) is 8.79. The molecular weight excluding hydrogens is 160 g/mol. The molecule has 0 radical (unpaired) electrons. The molecule has 0 fully saturated rings. The SMILES string of the molecule is C/C=C/CC(C)(CCC)OCCC. The molecular formula is C12H24O. The Morgan fingerprint density at radius 3 is 2.38 bits per heavy atom. The van der Waals surface area contributed by atoms with Gasteiger partial charge >= 0.3 is 0 Å². The van der Waals surface area contributed by atoms with Crippen LogP contribution in [-0.4, -0.2) is 12.2 Å². The predicted octanol–water partition coefficient (Wildman–Crippen LogP) is 3.94. The summed E-state index contributed by atoms with van der Waals surface area (Å²) in [5.41, 5.74) is 0.0667. The summed E-state index contributed by atoms with van der Waals surface area (Å²) in [5, 5.41) is 0. The molecule has 1 nitrogen and oxygen atoms in total. The highest BCUT2D eigenvalue weighted by Crippen LogP contribution is 2.22. The lowest BCUT2D eigenvalue weighted by Crippen LogP contribution is -2.28. The number of ether oxygens (including phenoxy) is 1. The van der Waals surface area contributed by atoms with Crippen LogP contribution in [0.4, 0.5) is 0 Å². The van der Waals surface area contributed by atoms with Gasteiger partial charge in [-0.2, -0.15) is 0 Å². The van der Waals surface area contributed by atoms with E-state index in [0.717, 1.165) is 25.9 Å². The smallest absolute Gasteiger partial charge is 0.0688 e. The molecule has 1 unspecified atom stereocenters. The number of hydrogen-bond donors (Lipinski definition) is 0. The van der Waals surface area contributed by atoms with Gasteiger partial charge in [0, 0.05) is 6.61 Å². The standard InChI is InChI=1S/C12H24O/c1-5-8-10-12(4,9-6-2)13-11-7-3/h5,8H,6-7,9-11H2,1-4H3/b8-5+. The van der Waals surface area contributed by atoms with Gasteiger partial charge in [0.15, 0.2) is 0 Å². The van der Waals surface area contributed by atoms with Crippen molar-refractivity contribution in [1.82, 2.24) is 0 Å². The molecule has 0 aliphatic heterocycles. The van der Waals surface area contributed by atoms with Crippen LogP contribution in [-0.2, 0) is 4.74 Å². The first-order valence-corrected chi connectivity index (χ1v) is 5.43. The lowest BCUT2D eigenvalue weighted by atomic mass is 9.96. The predicted molar refractivity (Wildman–Crippen MR) is 59.0 cm³/mol. The van der Waals surface area contributed by atoms with Gasteiger partial charge in [0.25, 0.3) is 0 Å². The van der Waals surface area contributed by atoms with E-state index in [2.05, 4.69) is 39.8 Å². The first kappa shape index (κ1) is 12.7. The van der Waals surface area contributed by atoms with Crippen LogP contribution in [0.5, 0.6) is 0 Å². The van der Waals surface area contributed by atoms with E-state index in [1.54, 1.807) is 0 Å². The van der Waals surface area contributed by atoms with Crippen LogP contribution in [0.2, 0.25) is 0 Å². The molecule has 0 aliphatic rings. The van der Waals surface area contributed by atoms with Gasteiger partial charge in [-0.05, 0) is 33.1 Å². The molecule has 0 aromatic heterocycles. The van der Waals surface area contributed by atoms with Crippen molar-refractivity contribution >= 4 is 0 Å². The molecule has 0 aromatic carbocycles. The van der Waals surface area contributed by atoms with Crippen LogP contribution in [0, 0.1) is 0 Å². The fourth-order valence-corrected chi connectivity index (χ4v) is 1.48. The molecule has 13 heavy (non-hydrogen) atoms. The molecule has 0 saturated heterocycles. The van der Waals surface area contributed by atoms with Crippen molar-refractivity contribution in [2.24, 2.45) is 0 Å². The van der Waals surface area contributed by atoms with Crippen LogP contribution in [0.1, 0.15) is 53.4 Å². The van der Waals surface area contributed by atoms with Crippen LogP contribution in [0.25, 0.3) is 0 Å². The summed E-state index contributed by atoms with van der Waals surface area (Å²) >= 11 is 0. The minimum atomic E-state index is 0.0667. The maximum Gasteiger partial charge on any atom is 0.0688 e. The van der Waals surface area contributed by atoms with Crippen molar-refractivity contribution in [3.05, 3.63) is 12.2 Å². The molecule has 0 heterocycles. The molecule has 0 bridgehead atoms. The normalized spacial score (nSPS) is 16.3. The van der Waals surface area contributed by atoms with Crippen molar-refractivity contribution in [3.63, 3.8) is 0 Å². The fraction of sp³-hybridized carbons (Fsp3) is 0.833. The van der Waals surface area contributed by atoms with Crippen molar-refractivity contribution in [2.75, 3.05) is 6.61 Å². The maximum atomic E-state index is 5.87. The summed E-state index contributed by atoms with van der Waals surface area (Å²) in [6.45, 7) is 9.53. The summed E-state index contributed by atoms with van der Waals surface area (Å²) in [6, 6.07) is 0. The lowest BCUT2D eigenvalue weighted by molar-refractivity contribution is -0.0356. The van der Waals surface area contributed by atoms with E-state index in [1.165, 1.54) is 6.42 Å². The van der Waals surface area contributed by atoms with Crippen LogP contribution in [0.15, 0.2) is 12.2 Å². The van der Waals surface area contributed by atoms with Crippen molar-refractivity contribution in [1.29, 1.82) is 0 Å². The highest BCUT2D eigenvalue weighted by molar-refractivity contribution is 4.88. The molecule has 1 atom stereocenters. The molecule has 0 N–H and O–H groups in total. The second-order valence-corrected chi connectivity index (χ2v) is 3.82. The van der Waals surface area contributed by atoms with Gasteiger partial charge in [0.2, 0.25) is 0 Å². The molecule has 0 amide bonds. The van der Waals surface area contributed by atoms with Gasteiger partial charge in [0.1, 0.15) is 0 Å². The Morgan fingerprint density at radius 1 is 1.23 bits per heavy atom. The minimum absolute atomic E-state index is 0.0667. The molecule has 1 heteroatoms. The fourth-order valence-electron chi connectivity index (χ4n) is 1.48. The van der Waals surface area contributed by atoms with Gasteiger partial charge in [-0.25, -0.2) is 0 Å². The number of hydrogen-bond acceptors (Lipinski definition) is 1. The van der Waals surface area contributed by atoms with E-state index in [4.69, 9.17) is 4.74 Å². The third-order valence-corrected chi connectivity index (χ3v) is 2.22. The minimum Gasteiger partial charge on any atom is -0.375 e. The Balaban J connectivity index is 3.98. The second-order valence-electron chi connectivity index (χ2n) is 3.82. The first-order valence-electron chi connectivity index (χ1n) is 5.43. The molecule has 0 aliphatic carbocycles. The van der Waals surface area contributed by atoms with Gasteiger partial charge in [-0.15, -0.1) is 0 Å². The van der Waals surface area contributed by atoms with E-state index < -0.39 is 0 Å². The Morgan fingerprint density at radius 2 is 1.92 bits per heavy atom. The molecule has 0 aromatic rings. The first-order chi connectivity index (χ1) is 6.18. The van der Waals surface area contributed by atoms with E-state index in [0.29, 0.717) is 0 Å². The van der Waals surface area contributed by atoms with Crippen LogP contribution in [0.3, 0.4) is 0 Å². The van der Waals surface area contributed by atoms with Gasteiger partial charge < -0.3 is 4.74 Å². The molecule has 0 saturated carbocycles. The maximum absolute atomic E-state index is 5.87. The number of rotatable bonds is 7. The Bertz CT molecular complexity index is 140. The Hall–Kier alpha value is -0.300. The Labute approximate surface area is 83.2 Å². The zero-order valence-corrected chi connectivity index (χ0v) is 9.60. The Kier molecular flexibility index (Phi) is 6.97. The third kappa shape index (κ3) is 5.87. The van der Waals surface area contributed by atoms with E-state index in [-0.39, 0.29) is 5.60 Å². The van der Waals surface area contributed by atoms with E-state index >= 15 is 0 Å². The third-order valence-electron chi connectivity index (χ3n) is 2.22. The summed E-state index contributed by atoms with van der Waals surface area (Å²) < 4.78 is 5.87. The topological polar surface area (TPSA) is 9.23 Å². The van der Waals surface area contributed by atoms with Crippen molar-refractivity contribution in [2.45, 2.75) is 59.0 Å². The van der Waals surface area contributed by atoms with Gasteiger partial charge in [-0.1, -0.05) is 32.4 Å². The highest BCUT2D eigenvalue weighted by Gasteiger charge is 2.21. The van der Waals surface area contributed by atoms with Crippen molar-refractivity contribution < 1.29 is 4.74 Å². The average Bonchev–Trinajstić information content (AvgIpc) is 2.12. The highest BCUT2D eigenvalue weighted by atomic mass is 16.5. The quantitative estimate of drug-likeness (QED) is 0.545. The zero-order chi connectivity index (χ0) is 10.2. The second kappa shape index (κ2) is 7.14. The summed E-state index contributed by atoms with van der Waals surface area (Å²) in [4.78, 5) is 0. The average molecular weight is 184 g/mol. The van der Waals surface area contributed by atoms with Crippen molar-refractivity contribution in [3.8, 4) is 0 Å². The van der Waals surface area contributed by atoms with Gasteiger partial charge in [-0.3, -0.25) is 0 Å². The number of allylic oxidation sites excluding steroid dienone is 1. The summed E-state index contributed by atoms with van der Waals surface area (Å²) in [7, 11) is 0. The molecule has 0 rings (SSSR count). The largest absolute Gasteiger partial charge is 0.375 e. The zero-order valence-electron chi connectivity index (χ0n) is 9.60. The summed E-state index contributed by atoms with van der Waals surface area (Å²) in [5.74, 6) is 0.